The molecule has 0 aromatic heterocycles. The van der Waals surface area contributed by atoms with Gasteiger partial charge in [-0.25, -0.2) is 9.59 Å². The zero-order valence-corrected chi connectivity index (χ0v) is 30.5. The van der Waals surface area contributed by atoms with Crippen LogP contribution in [0.3, 0.4) is 0 Å². The van der Waals surface area contributed by atoms with Crippen LogP contribution in [0.5, 0.6) is 0 Å². The molecule has 0 bridgehead atoms. The Morgan fingerprint density at radius 3 is 2.02 bits per heavy atom. The van der Waals surface area contributed by atoms with Crippen molar-refractivity contribution < 1.29 is 28.7 Å². The Bertz CT molecular complexity index is 1340. The van der Waals surface area contributed by atoms with Gasteiger partial charge in [-0.05, 0) is 78.5 Å². The second-order valence-corrected chi connectivity index (χ2v) is 14.4. The van der Waals surface area contributed by atoms with E-state index >= 15 is 0 Å². The number of esters is 1. The van der Waals surface area contributed by atoms with E-state index in [9.17, 15) is 19.2 Å². The van der Waals surface area contributed by atoms with E-state index in [0.29, 0.717) is 12.0 Å². The highest BCUT2D eigenvalue weighted by atomic mass is 32.1. The lowest BCUT2D eigenvalue weighted by Crippen LogP contribution is -2.55. The maximum absolute atomic E-state index is 14.6. The Hall–Kier alpha value is -3.53. The van der Waals surface area contributed by atoms with Gasteiger partial charge in [0.1, 0.15) is 29.3 Å². The molecule has 10 heteroatoms. The first kappa shape index (κ1) is 39.6. The number of thiol groups is 1. The van der Waals surface area contributed by atoms with Gasteiger partial charge in [-0.3, -0.25) is 9.59 Å². The Morgan fingerprint density at radius 2 is 1.47 bits per heavy atom. The number of ether oxygens (including phenoxy) is 2. The lowest BCUT2D eigenvalue weighted by Gasteiger charge is -2.36. The SMILES string of the molecule is CCCCCCN(C(=O)C(CS)NC(=O)OC(C)(C)C)C(C(=O)NC(Cc1ccccc1)C(=O)OC(C)(C)C)c1ccc(C)cc1C. The number of nitrogens with zero attached hydrogens (tertiary/aromatic N) is 1. The van der Waals surface area contributed by atoms with E-state index in [1.54, 1.807) is 41.5 Å². The van der Waals surface area contributed by atoms with Gasteiger partial charge in [0, 0.05) is 18.7 Å². The number of benzene rings is 2. The molecule has 3 atom stereocenters. The summed E-state index contributed by atoms with van der Waals surface area (Å²) in [5.74, 6) is -1.59. The largest absolute Gasteiger partial charge is 0.458 e. The molecule has 0 fully saturated rings. The van der Waals surface area contributed by atoms with Gasteiger partial charge in [0.25, 0.3) is 0 Å². The predicted octanol–water partition coefficient (Wildman–Crippen LogP) is 6.65. The molecule has 9 nitrogen and oxygen atoms in total. The maximum Gasteiger partial charge on any atom is 0.408 e. The summed E-state index contributed by atoms with van der Waals surface area (Å²) in [5.41, 5.74) is 1.73. The van der Waals surface area contributed by atoms with Crippen molar-refractivity contribution in [2.24, 2.45) is 0 Å². The van der Waals surface area contributed by atoms with Crippen molar-refractivity contribution in [1.82, 2.24) is 15.5 Å². The summed E-state index contributed by atoms with van der Waals surface area (Å²) in [5, 5.41) is 5.61. The molecule has 3 amide bonds. The number of alkyl carbamates (subject to hydrolysis) is 1. The van der Waals surface area contributed by atoms with Gasteiger partial charge in [0.05, 0.1) is 0 Å². The Morgan fingerprint density at radius 1 is 0.830 bits per heavy atom. The van der Waals surface area contributed by atoms with Gasteiger partial charge in [0.2, 0.25) is 11.8 Å². The molecular formula is C37H55N3O6S. The van der Waals surface area contributed by atoms with Crippen LogP contribution in [-0.4, -0.2) is 64.4 Å². The smallest absolute Gasteiger partial charge is 0.408 e. The van der Waals surface area contributed by atoms with Crippen LogP contribution in [0.1, 0.15) is 102 Å². The molecule has 2 aromatic carbocycles. The van der Waals surface area contributed by atoms with Crippen molar-refractivity contribution in [1.29, 1.82) is 0 Å². The molecule has 47 heavy (non-hydrogen) atoms. The first-order valence-electron chi connectivity index (χ1n) is 16.5. The molecule has 0 saturated carbocycles. The minimum absolute atomic E-state index is 0.0146. The van der Waals surface area contributed by atoms with Crippen molar-refractivity contribution >= 4 is 36.5 Å². The van der Waals surface area contributed by atoms with Crippen LogP contribution in [0.2, 0.25) is 0 Å². The molecule has 3 unspecified atom stereocenters. The van der Waals surface area contributed by atoms with Crippen LogP contribution in [-0.2, 0) is 30.3 Å². The Kier molecular flexibility index (Phi) is 15.3. The highest BCUT2D eigenvalue weighted by Gasteiger charge is 2.38. The van der Waals surface area contributed by atoms with Crippen LogP contribution >= 0.6 is 12.6 Å². The summed E-state index contributed by atoms with van der Waals surface area (Å²) in [7, 11) is 0. The molecule has 0 aliphatic heterocycles. The van der Waals surface area contributed by atoms with Crippen molar-refractivity contribution in [3.8, 4) is 0 Å². The average Bonchev–Trinajstić information content (AvgIpc) is 2.96. The number of carbonyl (C=O) groups excluding carboxylic acids is 4. The van der Waals surface area contributed by atoms with Crippen molar-refractivity contribution in [2.45, 2.75) is 124 Å². The number of aryl methyl sites for hydroxylation is 2. The summed E-state index contributed by atoms with van der Waals surface area (Å²) < 4.78 is 11.2. The lowest BCUT2D eigenvalue weighted by atomic mass is 9.95. The molecule has 0 aliphatic rings. The number of carbonyl (C=O) groups is 4. The van der Waals surface area contributed by atoms with Gasteiger partial charge in [-0.2, -0.15) is 12.6 Å². The van der Waals surface area contributed by atoms with E-state index in [-0.39, 0.29) is 18.7 Å². The first-order chi connectivity index (χ1) is 22.0. The number of hydrogen-bond donors (Lipinski definition) is 3. The third kappa shape index (κ3) is 13.6. The van der Waals surface area contributed by atoms with Gasteiger partial charge < -0.3 is 25.0 Å². The molecule has 2 rings (SSSR count). The van der Waals surface area contributed by atoms with E-state index in [0.717, 1.165) is 36.0 Å². The van der Waals surface area contributed by atoms with Gasteiger partial charge in [0.15, 0.2) is 0 Å². The topological polar surface area (TPSA) is 114 Å². The van der Waals surface area contributed by atoms with Gasteiger partial charge in [-0.1, -0.05) is 80.3 Å². The second kappa shape index (κ2) is 18.1. The molecule has 2 aromatic rings. The van der Waals surface area contributed by atoms with Gasteiger partial charge >= 0.3 is 12.1 Å². The zero-order chi connectivity index (χ0) is 35.4. The molecule has 0 heterocycles. The number of hydrogen-bond acceptors (Lipinski definition) is 7. The fraction of sp³-hybridized carbons (Fsp3) is 0.568. The summed E-state index contributed by atoms with van der Waals surface area (Å²) in [6.45, 7) is 16.7. The standard InChI is InChI=1S/C37H55N3O6S/c1-10-11-12-16-21-40(33(42)30(24-47)39-35(44)46-37(7,8)9)31(28-20-19-25(2)22-26(28)3)32(41)38-29(34(43)45-36(4,5)6)23-27-17-14-13-15-18-27/h13-15,17-20,22,29-31,47H,10-12,16,21,23-24H2,1-9H3,(H,38,41)(H,39,44). The molecule has 260 valence electrons. The monoisotopic (exact) mass is 669 g/mol. The summed E-state index contributed by atoms with van der Waals surface area (Å²) in [4.78, 5) is 56.7. The van der Waals surface area contributed by atoms with E-state index in [2.05, 4.69) is 30.2 Å². The number of amides is 3. The predicted molar refractivity (Wildman–Crippen MR) is 189 cm³/mol. The summed E-state index contributed by atoms with van der Waals surface area (Å²) in [6, 6.07) is 11.9. The van der Waals surface area contributed by atoms with Crippen LogP contribution in [0.15, 0.2) is 48.5 Å². The molecule has 0 saturated heterocycles. The quantitative estimate of drug-likeness (QED) is 0.111. The van der Waals surface area contributed by atoms with Crippen molar-refractivity contribution in [2.75, 3.05) is 12.3 Å². The van der Waals surface area contributed by atoms with Crippen LogP contribution in [0, 0.1) is 13.8 Å². The van der Waals surface area contributed by atoms with Crippen LogP contribution in [0.25, 0.3) is 0 Å². The van der Waals surface area contributed by atoms with Crippen molar-refractivity contribution in [3.63, 3.8) is 0 Å². The van der Waals surface area contributed by atoms with Crippen LogP contribution in [0.4, 0.5) is 4.79 Å². The minimum atomic E-state index is -1.10. The van der Waals surface area contributed by atoms with E-state index < -0.39 is 53.2 Å². The van der Waals surface area contributed by atoms with Crippen LogP contribution < -0.4 is 10.6 Å². The summed E-state index contributed by atoms with van der Waals surface area (Å²) in [6.07, 6.45) is 2.89. The van der Waals surface area contributed by atoms with Gasteiger partial charge in [-0.15, -0.1) is 0 Å². The highest BCUT2D eigenvalue weighted by molar-refractivity contribution is 7.80. The highest BCUT2D eigenvalue weighted by Crippen LogP contribution is 2.28. The molecule has 2 N–H and O–H groups in total. The normalized spacial score (nSPS) is 13.6. The fourth-order valence-electron chi connectivity index (χ4n) is 5.16. The minimum Gasteiger partial charge on any atom is -0.458 e. The third-order valence-electron chi connectivity index (χ3n) is 7.28. The number of rotatable bonds is 15. The van der Waals surface area contributed by atoms with Crippen molar-refractivity contribution in [3.05, 3.63) is 70.8 Å². The van der Waals surface area contributed by atoms with E-state index in [4.69, 9.17) is 9.47 Å². The number of unbranched alkanes of at least 4 members (excludes halogenated alkanes) is 3. The fourth-order valence-corrected chi connectivity index (χ4v) is 5.41. The average molecular weight is 670 g/mol. The van der Waals surface area contributed by atoms with E-state index in [1.165, 1.54) is 4.90 Å². The molecule has 0 aliphatic carbocycles. The lowest BCUT2D eigenvalue weighted by molar-refractivity contribution is -0.159. The third-order valence-corrected chi connectivity index (χ3v) is 7.64. The first-order valence-corrected chi connectivity index (χ1v) is 17.1. The maximum atomic E-state index is 14.6. The molecule has 0 radical (unpaired) electrons. The Labute approximate surface area is 286 Å². The Balaban J connectivity index is 2.62. The van der Waals surface area contributed by atoms with E-state index in [1.807, 2.05) is 62.4 Å². The zero-order valence-electron chi connectivity index (χ0n) is 29.6. The molecular weight excluding hydrogens is 614 g/mol. The summed E-state index contributed by atoms with van der Waals surface area (Å²) >= 11 is 4.40. The second-order valence-electron chi connectivity index (χ2n) is 14.0. The number of nitrogens with one attached hydrogen (secondary N) is 2. The molecule has 0 spiro atoms.